The van der Waals surface area contributed by atoms with Crippen LogP contribution in [0, 0.1) is 0 Å². The summed E-state index contributed by atoms with van der Waals surface area (Å²) in [5.41, 5.74) is 21.4. The number of benzene rings is 11. The van der Waals surface area contributed by atoms with Crippen molar-refractivity contribution in [1.29, 1.82) is 0 Å². The topological polar surface area (TPSA) is 16.4 Å². The normalized spacial score (nSPS) is 12.5. The molecule has 69 heavy (non-hydrogen) atoms. The van der Waals surface area contributed by atoms with Gasteiger partial charge in [0.25, 0.3) is 0 Å². The first-order chi connectivity index (χ1) is 34.2. The van der Waals surface area contributed by atoms with Crippen molar-refractivity contribution in [3.8, 4) is 55.6 Å². The van der Waals surface area contributed by atoms with Gasteiger partial charge in [0.15, 0.2) is 0 Å². The minimum Gasteiger partial charge on any atom is -0.456 e. The summed E-state index contributed by atoms with van der Waals surface area (Å²) in [6.45, 7) is 0. The fraction of sp³-hybridized carbons (Fsp3) is 0.0149. The molecule has 1 aliphatic rings. The zero-order chi connectivity index (χ0) is 45.7. The largest absolute Gasteiger partial charge is 0.456 e. The minimum absolute atomic E-state index is 0.517. The molecule has 0 spiro atoms. The lowest BCUT2D eigenvalue weighted by Crippen LogP contribution is -2.28. The van der Waals surface area contributed by atoms with Crippen molar-refractivity contribution in [3.05, 3.63) is 295 Å². The van der Waals surface area contributed by atoms with Gasteiger partial charge in [-0.25, -0.2) is 0 Å². The number of anilines is 3. The molecule has 12 aromatic rings. The molecule has 13 rings (SSSR count). The highest BCUT2D eigenvalue weighted by molar-refractivity contribution is 6.07. The van der Waals surface area contributed by atoms with Gasteiger partial charge >= 0.3 is 0 Å². The van der Waals surface area contributed by atoms with Gasteiger partial charge < -0.3 is 9.32 Å². The number of fused-ring (bicyclic) bond motifs is 6. The Morgan fingerprint density at radius 3 is 1.43 bits per heavy atom. The monoisotopic (exact) mass is 879 g/mol. The Morgan fingerprint density at radius 1 is 0.290 bits per heavy atom. The van der Waals surface area contributed by atoms with Crippen LogP contribution in [-0.2, 0) is 5.41 Å². The third-order valence-electron chi connectivity index (χ3n) is 14.2. The first-order valence-electron chi connectivity index (χ1n) is 23.7. The molecular formula is C67H45NO. The van der Waals surface area contributed by atoms with Crippen molar-refractivity contribution < 1.29 is 4.42 Å². The molecule has 0 unspecified atom stereocenters. The Labute approximate surface area is 402 Å². The van der Waals surface area contributed by atoms with Crippen molar-refractivity contribution in [2.45, 2.75) is 5.41 Å². The van der Waals surface area contributed by atoms with Crippen LogP contribution in [0.2, 0.25) is 0 Å². The number of para-hydroxylation sites is 3. The SMILES string of the molecule is c1ccc(-c2ccc(-c3ccc(N(c4ccccc4-c4ccc5oc6ccccc6c5c4)c4ccccc4-c4cccc5c4-c4ccccc4C5(c4ccccc4)c4ccccc4)cc3)cc2)cc1. The van der Waals surface area contributed by atoms with Crippen molar-refractivity contribution in [1.82, 2.24) is 0 Å². The number of hydrogen-bond donors (Lipinski definition) is 0. The first kappa shape index (κ1) is 40.3. The van der Waals surface area contributed by atoms with Crippen LogP contribution in [0.3, 0.4) is 0 Å². The Morgan fingerprint density at radius 2 is 0.754 bits per heavy atom. The molecule has 324 valence electrons. The van der Waals surface area contributed by atoms with E-state index in [0.29, 0.717) is 0 Å². The summed E-state index contributed by atoms with van der Waals surface area (Å²) >= 11 is 0. The summed E-state index contributed by atoms with van der Waals surface area (Å²) in [4.78, 5) is 2.46. The average Bonchev–Trinajstić information content (AvgIpc) is 3.96. The summed E-state index contributed by atoms with van der Waals surface area (Å²) in [6, 6.07) is 99.4. The van der Waals surface area contributed by atoms with E-state index in [4.69, 9.17) is 4.42 Å². The molecule has 0 bridgehead atoms. The van der Waals surface area contributed by atoms with E-state index in [-0.39, 0.29) is 0 Å². The molecule has 0 amide bonds. The van der Waals surface area contributed by atoms with E-state index in [1.165, 1.54) is 55.6 Å². The van der Waals surface area contributed by atoms with Crippen LogP contribution in [0.15, 0.2) is 277 Å². The lowest BCUT2D eigenvalue weighted by molar-refractivity contribution is 0.669. The summed E-state index contributed by atoms with van der Waals surface area (Å²) in [7, 11) is 0. The second-order valence-electron chi connectivity index (χ2n) is 17.9. The second kappa shape index (κ2) is 16.7. The number of rotatable bonds is 9. The third-order valence-corrected chi connectivity index (χ3v) is 14.2. The average molecular weight is 880 g/mol. The number of nitrogens with zero attached hydrogens (tertiary/aromatic N) is 1. The highest BCUT2D eigenvalue weighted by Crippen LogP contribution is 2.59. The van der Waals surface area contributed by atoms with Gasteiger partial charge in [-0.05, 0) is 109 Å². The van der Waals surface area contributed by atoms with Crippen LogP contribution < -0.4 is 4.90 Å². The van der Waals surface area contributed by atoms with Crippen molar-refractivity contribution in [3.63, 3.8) is 0 Å². The molecule has 0 saturated carbocycles. The summed E-state index contributed by atoms with van der Waals surface area (Å²) in [6.07, 6.45) is 0. The zero-order valence-corrected chi connectivity index (χ0v) is 37.8. The molecule has 0 N–H and O–H groups in total. The van der Waals surface area contributed by atoms with Gasteiger partial charge in [-0.2, -0.15) is 0 Å². The molecule has 2 nitrogen and oxygen atoms in total. The van der Waals surface area contributed by atoms with E-state index in [1.54, 1.807) is 0 Å². The van der Waals surface area contributed by atoms with Crippen molar-refractivity contribution in [2.24, 2.45) is 0 Å². The second-order valence-corrected chi connectivity index (χ2v) is 17.9. The standard InChI is InChI=1S/C67H45NO/c1-4-19-46(20-5-1)47-35-37-48(38-36-47)49-39-42-53(43-40-49)68(62-32-15-11-25-54(62)50-41-44-65-59(45-50)56-27-13-17-34-64(56)69-65)63-33-16-12-26-55(63)57-29-18-31-61-66(57)58-28-10-14-30-60(58)67(61,51-21-6-2-7-22-51)52-23-8-3-9-24-52/h1-45H. The van der Waals surface area contributed by atoms with Gasteiger partial charge in [-0.1, -0.05) is 231 Å². The van der Waals surface area contributed by atoms with Gasteiger partial charge in [-0.3, -0.25) is 0 Å². The van der Waals surface area contributed by atoms with E-state index in [0.717, 1.165) is 61.3 Å². The molecule has 0 radical (unpaired) electrons. The third kappa shape index (κ3) is 6.64. The van der Waals surface area contributed by atoms with E-state index < -0.39 is 5.41 Å². The van der Waals surface area contributed by atoms with Gasteiger partial charge in [0, 0.05) is 27.6 Å². The van der Waals surface area contributed by atoms with Crippen LogP contribution in [0.25, 0.3) is 77.6 Å². The highest BCUT2D eigenvalue weighted by Gasteiger charge is 2.47. The number of furan rings is 1. The Bertz CT molecular complexity index is 3780. The molecule has 11 aromatic carbocycles. The van der Waals surface area contributed by atoms with Gasteiger partial charge in [0.1, 0.15) is 11.2 Å². The van der Waals surface area contributed by atoms with Crippen molar-refractivity contribution >= 4 is 39.0 Å². The minimum atomic E-state index is -0.517. The molecule has 1 aromatic heterocycles. The van der Waals surface area contributed by atoms with Gasteiger partial charge in [0.05, 0.1) is 16.8 Å². The predicted molar refractivity (Wildman–Crippen MR) is 287 cm³/mol. The zero-order valence-electron chi connectivity index (χ0n) is 37.8. The van der Waals surface area contributed by atoms with E-state index >= 15 is 0 Å². The maximum absolute atomic E-state index is 6.32. The van der Waals surface area contributed by atoms with Crippen LogP contribution >= 0.6 is 0 Å². The summed E-state index contributed by atoms with van der Waals surface area (Å²) < 4.78 is 6.32. The van der Waals surface area contributed by atoms with E-state index in [9.17, 15) is 0 Å². The highest BCUT2D eigenvalue weighted by atomic mass is 16.3. The molecule has 0 fully saturated rings. The molecule has 1 aliphatic carbocycles. The Hall–Kier alpha value is -8.98. The molecule has 0 atom stereocenters. The predicted octanol–water partition coefficient (Wildman–Crippen LogP) is 18.1. The van der Waals surface area contributed by atoms with Crippen LogP contribution in [-0.4, -0.2) is 0 Å². The van der Waals surface area contributed by atoms with Crippen LogP contribution in [0.1, 0.15) is 22.3 Å². The number of hydrogen-bond acceptors (Lipinski definition) is 2. The van der Waals surface area contributed by atoms with E-state index in [1.807, 2.05) is 12.1 Å². The Kier molecular flexibility index (Phi) is 9.77. The first-order valence-corrected chi connectivity index (χ1v) is 23.7. The molecule has 0 saturated heterocycles. The van der Waals surface area contributed by atoms with Gasteiger partial charge in [-0.15, -0.1) is 0 Å². The lowest BCUT2D eigenvalue weighted by Gasteiger charge is -2.34. The lowest BCUT2D eigenvalue weighted by atomic mass is 9.67. The fourth-order valence-corrected chi connectivity index (χ4v) is 11.1. The summed E-state index contributed by atoms with van der Waals surface area (Å²) in [5, 5.41) is 2.22. The maximum atomic E-state index is 6.32. The smallest absolute Gasteiger partial charge is 0.135 e. The molecule has 0 aliphatic heterocycles. The molecular weight excluding hydrogens is 835 g/mol. The van der Waals surface area contributed by atoms with Crippen molar-refractivity contribution in [2.75, 3.05) is 4.90 Å². The fourth-order valence-electron chi connectivity index (χ4n) is 11.1. The van der Waals surface area contributed by atoms with Crippen LogP contribution in [0.5, 0.6) is 0 Å². The van der Waals surface area contributed by atoms with Crippen LogP contribution in [0.4, 0.5) is 17.1 Å². The quantitative estimate of drug-likeness (QED) is 0.144. The summed E-state index contributed by atoms with van der Waals surface area (Å²) in [5.74, 6) is 0. The van der Waals surface area contributed by atoms with E-state index in [2.05, 4.69) is 266 Å². The Balaban J connectivity index is 1.02. The molecule has 1 heterocycles. The maximum Gasteiger partial charge on any atom is 0.135 e. The molecule has 2 heteroatoms. The van der Waals surface area contributed by atoms with Gasteiger partial charge in [0.2, 0.25) is 0 Å².